The summed E-state index contributed by atoms with van der Waals surface area (Å²) in [5, 5.41) is 11.1. The van der Waals surface area contributed by atoms with Crippen molar-refractivity contribution in [2.24, 2.45) is 4.99 Å². The summed E-state index contributed by atoms with van der Waals surface area (Å²) < 4.78 is 1.23. The van der Waals surface area contributed by atoms with Crippen molar-refractivity contribution < 1.29 is 14.7 Å². The molecule has 0 amide bonds. The van der Waals surface area contributed by atoms with Crippen LogP contribution in [0.4, 0.5) is 5.82 Å². The van der Waals surface area contributed by atoms with Crippen LogP contribution in [0, 0.1) is 6.92 Å². The summed E-state index contributed by atoms with van der Waals surface area (Å²) in [4.78, 5) is 42.7. The van der Waals surface area contributed by atoms with E-state index < -0.39 is 22.9 Å². The minimum absolute atomic E-state index is 0.294. The fourth-order valence-electron chi connectivity index (χ4n) is 4.19. The lowest BCUT2D eigenvalue weighted by Crippen LogP contribution is -2.23. The number of carboxylic acids is 1. The summed E-state index contributed by atoms with van der Waals surface area (Å²) in [5.41, 5.74) is 0.922. The van der Waals surface area contributed by atoms with E-state index in [2.05, 4.69) is 16.0 Å². The van der Waals surface area contributed by atoms with E-state index in [1.54, 1.807) is 6.20 Å². The van der Waals surface area contributed by atoms with Gasteiger partial charge in [0.05, 0.1) is 0 Å². The molecule has 4 rings (SSSR count). The number of pyridine rings is 1. The number of benzene rings is 1. The van der Waals surface area contributed by atoms with Crippen LogP contribution in [0.2, 0.25) is 0 Å². The summed E-state index contributed by atoms with van der Waals surface area (Å²) in [5.74, 6) is -1.42. The molecule has 0 radical (unpaired) electrons. The number of carbonyl (C=O) groups is 1. The summed E-state index contributed by atoms with van der Waals surface area (Å²) >= 11 is 0. The van der Waals surface area contributed by atoms with Crippen LogP contribution in [0.5, 0.6) is 0 Å². The molecule has 7 nitrogen and oxygen atoms in total. The van der Waals surface area contributed by atoms with Gasteiger partial charge in [0.15, 0.2) is 11.4 Å². The van der Waals surface area contributed by atoms with Crippen molar-refractivity contribution in [1.82, 2.24) is 9.38 Å². The lowest BCUT2D eigenvalue weighted by Gasteiger charge is -2.22. The zero-order valence-electron chi connectivity index (χ0n) is 15.4. The Balaban J connectivity index is 2.07. The SMILES string of the molecule is Cc1cn2c(=O)c(C(=O)O)c(N=C=O)nc2c2cc(C3CCCCC3)ccc12. The number of aryl methyl sites for hydroxylation is 1. The molecule has 1 aromatic carbocycles. The van der Waals surface area contributed by atoms with E-state index >= 15 is 0 Å². The van der Waals surface area contributed by atoms with Gasteiger partial charge in [0.2, 0.25) is 6.08 Å². The van der Waals surface area contributed by atoms with Crippen molar-refractivity contribution in [2.45, 2.75) is 44.9 Å². The van der Waals surface area contributed by atoms with Gasteiger partial charge in [-0.1, -0.05) is 31.4 Å². The molecule has 3 aromatic rings. The third kappa shape index (κ3) is 2.90. The van der Waals surface area contributed by atoms with Crippen molar-refractivity contribution in [1.29, 1.82) is 0 Å². The fourth-order valence-corrected chi connectivity index (χ4v) is 4.19. The summed E-state index contributed by atoms with van der Waals surface area (Å²) in [7, 11) is 0. The van der Waals surface area contributed by atoms with E-state index in [-0.39, 0.29) is 0 Å². The zero-order chi connectivity index (χ0) is 19.8. The number of aromatic carboxylic acids is 1. The number of aliphatic imine (C=N–C) groups is 1. The third-order valence-electron chi connectivity index (χ3n) is 5.57. The lowest BCUT2D eigenvalue weighted by molar-refractivity contribution is 0.0695. The van der Waals surface area contributed by atoms with Crippen LogP contribution >= 0.6 is 0 Å². The van der Waals surface area contributed by atoms with E-state index in [4.69, 9.17) is 0 Å². The molecule has 0 atom stereocenters. The van der Waals surface area contributed by atoms with Crippen molar-refractivity contribution in [3.8, 4) is 0 Å². The molecule has 142 valence electrons. The number of rotatable bonds is 3. The Morgan fingerprint density at radius 3 is 2.68 bits per heavy atom. The number of hydrogen-bond donors (Lipinski definition) is 1. The molecule has 0 aliphatic heterocycles. The lowest BCUT2D eigenvalue weighted by atomic mass is 9.83. The average molecular weight is 377 g/mol. The Hall–Kier alpha value is -3.31. The molecule has 28 heavy (non-hydrogen) atoms. The number of isocyanates is 1. The van der Waals surface area contributed by atoms with Gasteiger partial charge in [0.25, 0.3) is 5.56 Å². The van der Waals surface area contributed by atoms with E-state index in [1.807, 2.05) is 19.1 Å². The van der Waals surface area contributed by atoms with Gasteiger partial charge in [-0.3, -0.25) is 9.20 Å². The minimum Gasteiger partial charge on any atom is -0.477 e. The van der Waals surface area contributed by atoms with Crippen molar-refractivity contribution >= 4 is 34.3 Å². The number of carbonyl (C=O) groups excluding carboxylic acids is 1. The Kier molecular flexibility index (Phi) is 4.53. The van der Waals surface area contributed by atoms with Gasteiger partial charge < -0.3 is 5.11 Å². The van der Waals surface area contributed by atoms with Crippen molar-refractivity contribution in [3.05, 3.63) is 51.4 Å². The van der Waals surface area contributed by atoms with Crippen LogP contribution < -0.4 is 5.56 Å². The van der Waals surface area contributed by atoms with Gasteiger partial charge in [-0.15, -0.1) is 4.99 Å². The largest absolute Gasteiger partial charge is 0.477 e. The first-order valence-corrected chi connectivity index (χ1v) is 9.32. The summed E-state index contributed by atoms with van der Waals surface area (Å²) in [6.45, 7) is 1.87. The Morgan fingerprint density at radius 1 is 1.25 bits per heavy atom. The quantitative estimate of drug-likeness (QED) is 0.424. The number of hydrogen-bond acceptors (Lipinski definition) is 5. The zero-order valence-corrected chi connectivity index (χ0v) is 15.4. The molecule has 0 saturated heterocycles. The molecule has 7 heteroatoms. The highest BCUT2D eigenvalue weighted by Gasteiger charge is 2.22. The number of carboxylic acid groups (broad SMARTS) is 1. The Morgan fingerprint density at radius 2 is 2.00 bits per heavy atom. The highest BCUT2D eigenvalue weighted by Crippen LogP contribution is 2.35. The van der Waals surface area contributed by atoms with Gasteiger partial charge in [0.1, 0.15) is 5.65 Å². The highest BCUT2D eigenvalue weighted by atomic mass is 16.4. The molecule has 1 aliphatic carbocycles. The maximum absolute atomic E-state index is 12.8. The van der Waals surface area contributed by atoms with E-state index in [0.717, 1.165) is 29.2 Å². The molecule has 0 unspecified atom stereocenters. The normalized spacial score (nSPS) is 14.9. The first-order valence-electron chi connectivity index (χ1n) is 9.32. The van der Waals surface area contributed by atoms with Crippen LogP contribution in [0.15, 0.2) is 34.2 Å². The average Bonchev–Trinajstić information content (AvgIpc) is 2.69. The van der Waals surface area contributed by atoms with E-state index in [0.29, 0.717) is 11.6 Å². The topological polar surface area (TPSA) is 101 Å². The number of aromatic nitrogens is 2. The fraction of sp³-hybridized carbons (Fsp3) is 0.333. The molecule has 1 saturated carbocycles. The molecular formula is C21H19N3O4. The second-order valence-electron chi connectivity index (χ2n) is 7.27. The maximum atomic E-state index is 12.8. The molecule has 2 aromatic heterocycles. The minimum atomic E-state index is -1.48. The van der Waals surface area contributed by atoms with Gasteiger partial charge in [0, 0.05) is 11.6 Å². The summed E-state index contributed by atoms with van der Waals surface area (Å²) in [6, 6.07) is 6.18. The monoisotopic (exact) mass is 377 g/mol. The standard InChI is InChI=1S/C21H19N3O4/c1-12-10-24-19(23-18(22-11-25)17(20(24)26)21(27)28)16-9-14(7-8-15(12)16)13-5-3-2-4-6-13/h7-10,13H,2-6H2,1H3,(H,27,28). The van der Waals surface area contributed by atoms with E-state index in [1.165, 1.54) is 35.3 Å². The van der Waals surface area contributed by atoms with Crippen molar-refractivity contribution in [2.75, 3.05) is 0 Å². The Bertz CT molecular complexity index is 1220. The Labute approximate surface area is 160 Å². The first kappa shape index (κ1) is 18.1. The summed E-state index contributed by atoms with van der Waals surface area (Å²) in [6.07, 6.45) is 8.80. The molecule has 2 heterocycles. The molecule has 1 fully saturated rings. The van der Waals surface area contributed by atoms with Crippen LogP contribution in [-0.4, -0.2) is 26.5 Å². The molecule has 1 N–H and O–H groups in total. The van der Waals surface area contributed by atoms with Gasteiger partial charge in [-0.05, 0) is 48.3 Å². The van der Waals surface area contributed by atoms with Crippen LogP contribution in [-0.2, 0) is 4.79 Å². The smallest absolute Gasteiger partial charge is 0.345 e. The molecule has 1 aliphatic rings. The van der Waals surface area contributed by atoms with Gasteiger partial charge in [-0.2, -0.15) is 0 Å². The predicted molar refractivity (Wildman–Crippen MR) is 104 cm³/mol. The van der Waals surface area contributed by atoms with Crippen LogP contribution in [0.1, 0.15) is 59.5 Å². The number of nitrogens with zero attached hydrogens (tertiary/aromatic N) is 3. The predicted octanol–water partition coefficient (Wildman–Crippen LogP) is 3.87. The molecule has 0 bridgehead atoms. The van der Waals surface area contributed by atoms with Gasteiger partial charge >= 0.3 is 5.97 Å². The van der Waals surface area contributed by atoms with Crippen molar-refractivity contribution in [3.63, 3.8) is 0 Å². The third-order valence-corrected chi connectivity index (χ3v) is 5.57. The van der Waals surface area contributed by atoms with E-state index in [9.17, 15) is 19.5 Å². The van der Waals surface area contributed by atoms with Gasteiger partial charge in [-0.25, -0.2) is 14.6 Å². The molecular weight excluding hydrogens is 358 g/mol. The van der Waals surface area contributed by atoms with Crippen LogP contribution in [0.25, 0.3) is 16.4 Å². The first-order chi connectivity index (χ1) is 13.5. The molecule has 0 spiro atoms. The maximum Gasteiger partial charge on any atom is 0.345 e. The van der Waals surface area contributed by atoms with Crippen LogP contribution in [0.3, 0.4) is 0 Å². The second-order valence-corrected chi connectivity index (χ2v) is 7.27. The highest BCUT2D eigenvalue weighted by molar-refractivity contribution is 5.99. The second kappa shape index (κ2) is 7.02. The number of fused-ring (bicyclic) bond motifs is 3.